The molecule has 1 aliphatic heterocycles. The molecule has 1 amide bonds. The lowest BCUT2D eigenvalue weighted by atomic mass is 9.91. The molecule has 0 radical (unpaired) electrons. The topological polar surface area (TPSA) is 97.9 Å². The number of carbonyl (C=O) groups excluding carboxylic acids is 1. The molecule has 3 heterocycles. The third kappa shape index (κ3) is 2.76. The molecule has 7 nitrogen and oxygen atoms in total. The fraction of sp³-hybridized carbons (Fsp3) is 0.471. The van der Waals surface area contributed by atoms with Crippen LogP contribution in [0.5, 0.6) is 0 Å². The van der Waals surface area contributed by atoms with Crippen molar-refractivity contribution in [3.05, 3.63) is 29.2 Å². The highest BCUT2D eigenvalue weighted by atomic mass is 19.1. The lowest BCUT2D eigenvalue weighted by molar-refractivity contribution is 0.0966. The maximum atomic E-state index is 14.9. The number of nitrogens with one attached hydrogen (secondary N) is 2. The molecular weight excluding hydrogens is 323 g/mol. The predicted octanol–water partition coefficient (Wildman–Crippen LogP) is 1.55. The summed E-state index contributed by atoms with van der Waals surface area (Å²) in [5.41, 5.74) is 7.73. The van der Waals surface area contributed by atoms with Crippen LogP contribution in [0.15, 0.2) is 12.3 Å². The molecule has 0 bridgehead atoms. The number of carbonyl (C=O) groups is 1. The highest BCUT2D eigenvalue weighted by Gasteiger charge is 2.32. The normalized spacial score (nSPS) is 22.6. The van der Waals surface area contributed by atoms with Crippen LogP contribution < -0.4 is 16.4 Å². The van der Waals surface area contributed by atoms with Crippen LogP contribution in [-0.2, 0) is 13.6 Å². The Hall–Kier alpha value is -2.48. The van der Waals surface area contributed by atoms with Crippen LogP contribution in [0.25, 0.3) is 11.4 Å². The van der Waals surface area contributed by atoms with E-state index in [1.165, 1.54) is 0 Å². The molecule has 8 heteroatoms. The molecule has 132 valence electrons. The van der Waals surface area contributed by atoms with Gasteiger partial charge in [-0.3, -0.25) is 9.48 Å². The largest absolute Gasteiger partial charge is 0.363 e. The maximum absolute atomic E-state index is 14.9. The summed E-state index contributed by atoms with van der Waals surface area (Å²) in [5, 5.41) is 10.2. The number of aryl methyl sites for hydroxylation is 1. The number of hydrogen-bond acceptors (Lipinski definition) is 5. The predicted molar refractivity (Wildman–Crippen MR) is 91.4 cm³/mol. The van der Waals surface area contributed by atoms with Crippen molar-refractivity contribution in [1.29, 1.82) is 0 Å². The van der Waals surface area contributed by atoms with Crippen molar-refractivity contribution >= 4 is 11.7 Å². The van der Waals surface area contributed by atoms with Crippen molar-refractivity contribution in [3.63, 3.8) is 0 Å². The summed E-state index contributed by atoms with van der Waals surface area (Å²) in [6.45, 7) is 0.160. The van der Waals surface area contributed by atoms with Crippen LogP contribution in [0.3, 0.4) is 0 Å². The number of anilines is 1. The fourth-order valence-electron chi connectivity index (χ4n) is 3.62. The molecule has 1 fully saturated rings. The van der Waals surface area contributed by atoms with Gasteiger partial charge in [0.15, 0.2) is 11.6 Å². The average Bonchev–Trinajstić information content (AvgIpc) is 3.19. The van der Waals surface area contributed by atoms with E-state index in [9.17, 15) is 9.18 Å². The number of pyridine rings is 1. The number of nitrogens with two attached hydrogens (primary N) is 1. The first-order valence-corrected chi connectivity index (χ1v) is 8.57. The van der Waals surface area contributed by atoms with Gasteiger partial charge in [0.25, 0.3) is 5.91 Å². The van der Waals surface area contributed by atoms with Gasteiger partial charge in [0.1, 0.15) is 11.4 Å². The Balaban J connectivity index is 1.79. The lowest BCUT2D eigenvalue weighted by Gasteiger charge is -2.30. The second-order valence-electron chi connectivity index (χ2n) is 6.73. The Morgan fingerprint density at radius 2 is 2.20 bits per heavy atom. The molecule has 2 aromatic heterocycles. The van der Waals surface area contributed by atoms with Gasteiger partial charge in [-0.25, -0.2) is 9.37 Å². The molecule has 2 aliphatic rings. The summed E-state index contributed by atoms with van der Waals surface area (Å²) in [5.74, 6) is -0.646. The smallest absolute Gasteiger partial charge is 0.254 e. The van der Waals surface area contributed by atoms with Gasteiger partial charge in [-0.05, 0) is 18.9 Å². The molecule has 1 saturated carbocycles. The quantitative estimate of drug-likeness (QED) is 0.785. The summed E-state index contributed by atoms with van der Waals surface area (Å²) >= 11 is 0. The number of aromatic nitrogens is 3. The van der Waals surface area contributed by atoms with Crippen molar-refractivity contribution in [1.82, 2.24) is 20.1 Å². The molecule has 0 saturated heterocycles. The number of rotatable bonds is 3. The lowest BCUT2D eigenvalue weighted by Crippen LogP contribution is -2.43. The Labute approximate surface area is 144 Å². The van der Waals surface area contributed by atoms with E-state index >= 15 is 0 Å². The summed E-state index contributed by atoms with van der Waals surface area (Å²) < 4.78 is 16.6. The molecule has 4 rings (SSSR count). The zero-order chi connectivity index (χ0) is 17.6. The Morgan fingerprint density at radius 1 is 1.40 bits per heavy atom. The number of halogens is 1. The highest BCUT2D eigenvalue weighted by molar-refractivity contribution is 6.03. The number of amides is 1. The van der Waals surface area contributed by atoms with Gasteiger partial charge in [0.2, 0.25) is 0 Å². The third-order valence-electron chi connectivity index (χ3n) is 4.99. The Bertz CT molecular complexity index is 833. The van der Waals surface area contributed by atoms with Gasteiger partial charge in [-0.2, -0.15) is 5.10 Å². The SMILES string of the molecule is Cn1ccc(-c2nc(NC3CCCCC3N)c(F)c3c2C(=O)NC3)n1. The molecule has 2 aromatic rings. The minimum atomic E-state index is -0.481. The van der Waals surface area contributed by atoms with E-state index in [1.54, 1.807) is 24.0 Å². The third-order valence-corrected chi connectivity index (χ3v) is 4.99. The van der Waals surface area contributed by atoms with Crippen LogP contribution in [0.2, 0.25) is 0 Å². The molecule has 0 spiro atoms. The molecule has 2 unspecified atom stereocenters. The van der Waals surface area contributed by atoms with Crippen molar-refractivity contribution in [2.75, 3.05) is 5.32 Å². The van der Waals surface area contributed by atoms with Crippen molar-refractivity contribution in [3.8, 4) is 11.4 Å². The molecule has 1 aliphatic carbocycles. The summed E-state index contributed by atoms with van der Waals surface area (Å²) in [7, 11) is 1.79. The number of fused-ring (bicyclic) bond motifs is 1. The fourth-order valence-corrected chi connectivity index (χ4v) is 3.62. The molecular formula is C17H21FN6O. The van der Waals surface area contributed by atoms with E-state index in [0.29, 0.717) is 17.0 Å². The van der Waals surface area contributed by atoms with E-state index in [2.05, 4.69) is 20.7 Å². The van der Waals surface area contributed by atoms with Gasteiger partial charge in [0.05, 0.1) is 5.56 Å². The minimum Gasteiger partial charge on any atom is -0.363 e. The second kappa shape index (κ2) is 6.11. The number of nitrogens with zero attached hydrogens (tertiary/aromatic N) is 3. The van der Waals surface area contributed by atoms with E-state index in [4.69, 9.17) is 5.73 Å². The molecule has 4 N–H and O–H groups in total. The first-order chi connectivity index (χ1) is 12.0. The van der Waals surface area contributed by atoms with Crippen molar-refractivity contribution in [2.45, 2.75) is 44.3 Å². The van der Waals surface area contributed by atoms with E-state index in [0.717, 1.165) is 25.7 Å². The first kappa shape index (κ1) is 16.0. The van der Waals surface area contributed by atoms with E-state index in [-0.39, 0.29) is 35.9 Å². The van der Waals surface area contributed by atoms with E-state index < -0.39 is 5.82 Å². The molecule has 25 heavy (non-hydrogen) atoms. The van der Waals surface area contributed by atoms with Crippen LogP contribution in [0.4, 0.5) is 10.2 Å². The van der Waals surface area contributed by atoms with Crippen LogP contribution in [0, 0.1) is 5.82 Å². The van der Waals surface area contributed by atoms with Crippen LogP contribution in [0.1, 0.15) is 41.6 Å². The van der Waals surface area contributed by atoms with Crippen LogP contribution >= 0.6 is 0 Å². The summed E-state index contributed by atoms with van der Waals surface area (Å²) in [6, 6.07) is 1.72. The van der Waals surface area contributed by atoms with Gasteiger partial charge in [-0.15, -0.1) is 0 Å². The number of hydrogen-bond donors (Lipinski definition) is 3. The van der Waals surface area contributed by atoms with E-state index in [1.807, 2.05) is 0 Å². The maximum Gasteiger partial charge on any atom is 0.254 e. The monoisotopic (exact) mass is 344 g/mol. The highest BCUT2D eigenvalue weighted by Crippen LogP contribution is 2.33. The van der Waals surface area contributed by atoms with Gasteiger partial charge < -0.3 is 16.4 Å². The average molecular weight is 344 g/mol. The van der Waals surface area contributed by atoms with Crippen LogP contribution in [-0.4, -0.2) is 32.8 Å². The van der Waals surface area contributed by atoms with Gasteiger partial charge in [-0.1, -0.05) is 12.8 Å². The van der Waals surface area contributed by atoms with Crippen molar-refractivity contribution < 1.29 is 9.18 Å². The van der Waals surface area contributed by atoms with Crippen molar-refractivity contribution in [2.24, 2.45) is 12.8 Å². The second-order valence-corrected chi connectivity index (χ2v) is 6.73. The standard InChI is InChI=1S/C17H21FN6O/c1-24-7-6-12(23-24)15-13-9(8-20-17(13)25)14(18)16(22-15)21-11-5-3-2-4-10(11)19/h6-7,10-11H,2-5,8,19H2,1H3,(H,20,25)(H,21,22). The Kier molecular flexibility index (Phi) is 3.91. The molecule has 0 aromatic carbocycles. The first-order valence-electron chi connectivity index (χ1n) is 8.57. The summed E-state index contributed by atoms with van der Waals surface area (Å²) in [4.78, 5) is 16.6. The Morgan fingerprint density at radius 3 is 2.92 bits per heavy atom. The zero-order valence-electron chi connectivity index (χ0n) is 14.1. The molecule has 2 atom stereocenters. The minimum absolute atomic E-state index is 0.0181. The summed E-state index contributed by atoms with van der Waals surface area (Å²) in [6.07, 6.45) is 5.72. The zero-order valence-corrected chi connectivity index (χ0v) is 14.1. The van der Waals surface area contributed by atoms with Gasteiger partial charge >= 0.3 is 0 Å². The van der Waals surface area contributed by atoms with Gasteiger partial charge in [0, 0.05) is 37.4 Å².